The van der Waals surface area contributed by atoms with Gasteiger partial charge in [0.1, 0.15) is 17.8 Å². The summed E-state index contributed by atoms with van der Waals surface area (Å²) in [4.78, 5) is 8.34. The molecule has 1 aromatic heterocycles. The second kappa shape index (κ2) is 6.78. The molecule has 21 heavy (non-hydrogen) atoms. The number of nitrogens with one attached hydrogen (secondary N) is 2. The summed E-state index contributed by atoms with van der Waals surface area (Å²) in [5.41, 5.74) is 7.72. The lowest BCUT2D eigenvalue weighted by atomic mass is 10.2. The Hall–Kier alpha value is -2.50. The number of rotatable bonds is 6. The summed E-state index contributed by atoms with van der Waals surface area (Å²) in [5.74, 6) is 2.12. The standard InChI is InChI=1S/C15H21N5O/c1-10(2)20-15-13(16)14(18-9-19-15)17-8-11-4-6-12(21-3)7-5-11/h4-7,9-10H,8,16H2,1-3H3,(H2,17,18,19,20). The highest BCUT2D eigenvalue weighted by Crippen LogP contribution is 2.23. The van der Waals surface area contributed by atoms with Gasteiger partial charge in [0.05, 0.1) is 7.11 Å². The van der Waals surface area contributed by atoms with Crippen molar-refractivity contribution in [1.82, 2.24) is 9.97 Å². The Morgan fingerprint density at radius 2 is 1.81 bits per heavy atom. The van der Waals surface area contributed by atoms with Crippen LogP contribution in [-0.2, 0) is 6.54 Å². The molecule has 1 heterocycles. The number of anilines is 3. The summed E-state index contributed by atoms with van der Waals surface area (Å²) in [5, 5.41) is 6.42. The van der Waals surface area contributed by atoms with E-state index in [0.717, 1.165) is 11.3 Å². The molecular weight excluding hydrogens is 266 g/mol. The normalized spacial score (nSPS) is 10.5. The zero-order chi connectivity index (χ0) is 15.2. The zero-order valence-electron chi connectivity index (χ0n) is 12.6. The molecule has 0 saturated carbocycles. The fourth-order valence-corrected chi connectivity index (χ4v) is 1.85. The Labute approximate surface area is 124 Å². The van der Waals surface area contributed by atoms with Crippen molar-refractivity contribution in [1.29, 1.82) is 0 Å². The largest absolute Gasteiger partial charge is 0.497 e. The van der Waals surface area contributed by atoms with E-state index in [9.17, 15) is 0 Å². The molecule has 4 N–H and O–H groups in total. The van der Waals surface area contributed by atoms with Gasteiger partial charge in [0.25, 0.3) is 0 Å². The molecule has 0 aliphatic rings. The van der Waals surface area contributed by atoms with Gasteiger partial charge >= 0.3 is 0 Å². The predicted molar refractivity (Wildman–Crippen MR) is 85.5 cm³/mol. The highest BCUT2D eigenvalue weighted by Gasteiger charge is 2.08. The van der Waals surface area contributed by atoms with E-state index in [1.54, 1.807) is 7.11 Å². The zero-order valence-corrected chi connectivity index (χ0v) is 12.6. The van der Waals surface area contributed by atoms with Crippen LogP contribution in [0.3, 0.4) is 0 Å². The van der Waals surface area contributed by atoms with E-state index in [1.165, 1.54) is 6.33 Å². The maximum absolute atomic E-state index is 6.07. The van der Waals surface area contributed by atoms with Gasteiger partial charge in [-0.05, 0) is 31.5 Å². The molecule has 0 atom stereocenters. The Morgan fingerprint density at radius 3 is 2.43 bits per heavy atom. The Bertz CT molecular complexity index is 583. The van der Waals surface area contributed by atoms with Gasteiger partial charge in [-0.3, -0.25) is 0 Å². The molecule has 0 aliphatic heterocycles. The molecule has 0 spiro atoms. The molecular formula is C15H21N5O. The van der Waals surface area contributed by atoms with E-state index in [0.29, 0.717) is 23.9 Å². The van der Waals surface area contributed by atoms with Crippen LogP contribution in [0.25, 0.3) is 0 Å². The number of nitrogens with two attached hydrogens (primary N) is 1. The minimum absolute atomic E-state index is 0.261. The van der Waals surface area contributed by atoms with Crippen molar-refractivity contribution in [3.8, 4) is 5.75 Å². The summed E-state index contributed by atoms with van der Waals surface area (Å²) in [6.07, 6.45) is 1.50. The lowest BCUT2D eigenvalue weighted by Gasteiger charge is -2.14. The Balaban J connectivity index is 2.05. The number of ether oxygens (including phenoxy) is 1. The van der Waals surface area contributed by atoms with Gasteiger partial charge in [-0.15, -0.1) is 0 Å². The lowest BCUT2D eigenvalue weighted by Crippen LogP contribution is -2.14. The molecule has 6 heteroatoms. The van der Waals surface area contributed by atoms with E-state index in [1.807, 2.05) is 38.1 Å². The van der Waals surface area contributed by atoms with Gasteiger partial charge in [-0.1, -0.05) is 12.1 Å². The maximum Gasteiger partial charge on any atom is 0.155 e. The molecule has 0 saturated heterocycles. The molecule has 0 aliphatic carbocycles. The highest BCUT2D eigenvalue weighted by molar-refractivity contribution is 5.74. The number of methoxy groups -OCH3 is 1. The maximum atomic E-state index is 6.07. The highest BCUT2D eigenvalue weighted by atomic mass is 16.5. The number of aromatic nitrogens is 2. The third-order valence-electron chi connectivity index (χ3n) is 2.93. The predicted octanol–water partition coefficient (Wildman–Crippen LogP) is 2.50. The minimum atomic E-state index is 0.261. The number of benzene rings is 1. The van der Waals surface area contributed by atoms with E-state index in [4.69, 9.17) is 10.5 Å². The van der Waals surface area contributed by atoms with Crippen LogP contribution in [0.4, 0.5) is 17.3 Å². The SMILES string of the molecule is COc1ccc(CNc2ncnc(NC(C)C)c2N)cc1. The van der Waals surface area contributed by atoms with E-state index >= 15 is 0 Å². The van der Waals surface area contributed by atoms with Crippen LogP contribution in [0.15, 0.2) is 30.6 Å². The van der Waals surface area contributed by atoms with E-state index < -0.39 is 0 Å². The van der Waals surface area contributed by atoms with Crippen molar-refractivity contribution < 1.29 is 4.74 Å². The average Bonchev–Trinajstić information content (AvgIpc) is 2.48. The van der Waals surface area contributed by atoms with Crippen LogP contribution in [0.5, 0.6) is 5.75 Å². The average molecular weight is 287 g/mol. The first kappa shape index (κ1) is 14.9. The van der Waals surface area contributed by atoms with Gasteiger partial charge in [0.15, 0.2) is 11.6 Å². The number of hydrogen-bond donors (Lipinski definition) is 3. The van der Waals surface area contributed by atoms with Crippen molar-refractivity contribution in [2.24, 2.45) is 0 Å². The molecule has 112 valence electrons. The fraction of sp³-hybridized carbons (Fsp3) is 0.333. The second-order valence-corrected chi connectivity index (χ2v) is 4.99. The van der Waals surface area contributed by atoms with Crippen LogP contribution >= 0.6 is 0 Å². The molecule has 2 aromatic rings. The molecule has 0 fully saturated rings. The van der Waals surface area contributed by atoms with Crippen LogP contribution in [0.2, 0.25) is 0 Å². The lowest BCUT2D eigenvalue weighted by molar-refractivity contribution is 0.414. The second-order valence-electron chi connectivity index (χ2n) is 4.99. The number of nitrogens with zero attached hydrogens (tertiary/aromatic N) is 2. The molecule has 0 radical (unpaired) electrons. The van der Waals surface area contributed by atoms with Crippen LogP contribution in [0, 0.1) is 0 Å². The summed E-state index contributed by atoms with van der Waals surface area (Å²) in [6.45, 7) is 4.70. The van der Waals surface area contributed by atoms with Gasteiger partial charge in [0, 0.05) is 12.6 Å². The summed E-state index contributed by atoms with van der Waals surface area (Å²) < 4.78 is 5.13. The molecule has 0 amide bonds. The Morgan fingerprint density at radius 1 is 1.14 bits per heavy atom. The molecule has 6 nitrogen and oxygen atoms in total. The molecule has 1 aromatic carbocycles. The van der Waals surface area contributed by atoms with E-state index in [2.05, 4.69) is 20.6 Å². The van der Waals surface area contributed by atoms with Crippen molar-refractivity contribution in [3.63, 3.8) is 0 Å². The van der Waals surface area contributed by atoms with Gasteiger partial charge in [0.2, 0.25) is 0 Å². The third kappa shape index (κ3) is 3.98. The molecule has 0 bridgehead atoms. The fourth-order valence-electron chi connectivity index (χ4n) is 1.85. The van der Waals surface area contributed by atoms with E-state index in [-0.39, 0.29) is 6.04 Å². The number of hydrogen-bond acceptors (Lipinski definition) is 6. The summed E-state index contributed by atoms with van der Waals surface area (Å²) >= 11 is 0. The van der Waals surface area contributed by atoms with Crippen LogP contribution < -0.4 is 21.1 Å². The quantitative estimate of drug-likeness (QED) is 0.757. The first-order valence-electron chi connectivity index (χ1n) is 6.84. The van der Waals surface area contributed by atoms with Gasteiger partial charge < -0.3 is 21.1 Å². The van der Waals surface area contributed by atoms with Crippen molar-refractivity contribution in [2.75, 3.05) is 23.5 Å². The topological polar surface area (TPSA) is 85.1 Å². The molecule has 2 rings (SSSR count). The summed E-state index contributed by atoms with van der Waals surface area (Å²) in [6, 6.07) is 8.10. The number of nitrogen functional groups attached to an aromatic ring is 1. The Kier molecular flexibility index (Phi) is 4.81. The van der Waals surface area contributed by atoms with Crippen molar-refractivity contribution >= 4 is 17.3 Å². The van der Waals surface area contributed by atoms with Gasteiger partial charge in [-0.2, -0.15) is 0 Å². The first-order valence-corrected chi connectivity index (χ1v) is 6.84. The smallest absolute Gasteiger partial charge is 0.155 e. The van der Waals surface area contributed by atoms with Crippen molar-refractivity contribution in [3.05, 3.63) is 36.2 Å². The molecule has 0 unspecified atom stereocenters. The van der Waals surface area contributed by atoms with Crippen LogP contribution in [-0.4, -0.2) is 23.1 Å². The minimum Gasteiger partial charge on any atom is -0.497 e. The third-order valence-corrected chi connectivity index (χ3v) is 2.93. The van der Waals surface area contributed by atoms with Crippen molar-refractivity contribution in [2.45, 2.75) is 26.4 Å². The monoisotopic (exact) mass is 287 g/mol. The van der Waals surface area contributed by atoms with Gasteiger partial charge in [-0.25, -0.2) is 9.97 Å². The first-order chi connectivity index (χ1) is 10.1. The van der Waals surface area contributed by atoms with Crippen LogP contribution in [0.1, 0.15) is 19.4 Å². The summed E-state index contributed by atoms with van der Waals surface area (Å²) in [7, 11) is 1.65.